The number of anilines is 2. The lowest BCUT2D eigenvalue weighted by atomic mass is 9.87. The Balaban J connectivity index is 1.26. The van der Waals surface area contributed by atoms with E-state index in [4.69, 9.17) is 10.5 Å². The number of fused-ring (bicyclic) bond motifs is 1. The highest BCUT2D eigenvalue weighted by Crippen LogP contribution is 2.32. The van der Waals surface area contributed by atoms with Crippen LogP contribution in [0, 0.1) is 0 Å². The van der Waals surface area contributed by atoms with E-state index in [2.05, 4.69) is 46.4 Å². The van der Waals surface area contributed by atoms with Gasteiger partial charge in [0.15, 0.2) is 27.5 Å². The van der Waals surface area contributed by atoms with E-state index in [-0.39, 0.29) is 35.6 Å². The molecule has 0 aliphatic carbocycles. The van der Waals surface area contributed by atoms with Crippen LogP contribution < -0.4 is 16.4 Å². The van der Waals surface area contributed by atoms with Gasteiger partial charge in [0.25, 0.3) is 0 Å². The second-order valence-electron chi connectivity index (χ2n) is 10.3. The molecule has 0 unspecified atom stereocenters. The number of carbonyl (C=O) groups is 1. The number of nitrogen functional groups attached to an aromatic ring is 1. The normalized spacial score (nSPS) is 22.0. The molecule has 1 aromatic carbocycles. The van der Waals surface area contributed by atoms with E-state index in [1.165, 1.54) is 17.2 Å². The highest BCUT2D eigenvalue weighted by atomic mass is 32.2. The van der Waals surface area contributed by atoms with Gasteiger partial charge < -0.3 is 31.3 Å². The van der Waals surface area contributed by atoms with Crippen LogP contribution >= 0.6 is 0 Å². The predicted octanol–water partition coefficient (Wildman–Crippen LogP) is 0.952. The number of ether oxygens (including phenoxy) is 1. The first-order chi connectivity index (χ1) is 17.9. The van der Waals surface area contributed by atoms with E-state index in [0.29, 0.717) is 11.2 Å². The Morgan fingerprint density at radius 2 is 1.84 bits per heavy atom. The minimum absolute atomic E-state index is 0.00218. The third kappa shape index (κ3) is 6.20. The molecule has 2 amide bonds. The van der Waals surface area contributed by atoms with Crippen LogP contribution in [-0.2, 0) is 20.0 Å². The van der Waals surface area contributed by atoms with E-state index < -0.39 is 46.2 Å². The number of rotatable bonds is 8. The number of aliphatic hydroxyl groups excluding tert-OH is 2. The van der Waals surface area contributed by atoms with Crippen LogP contribution in [0.5, 0.6) is 0 Å². The number of imidazole rings is 1. The molecule has 3 heterocycles. The van der Waals surface area contributed by atoms with Crippen molar-refractivity contribution in [2.24, 2.45) is 0 Å². The fraction of sp³-hybridized carbons (Fsp3) is 0.500. The van der Waals surface area contributed by atoms with E-state index in [1.54, 1.807) is 0 Å². The molecule has 0 radical (unpaired) electrons. The molecule has 1 aliphatic rings. The van der Waals surface area contributed by atoms with Crippen LogP contribution in [-0.4, -0.2) is 80.5 Å². The summed E-state index contributed by atoms with van der Waals surface area (Å²) in [5.74, 6) is -0.599. The molecule has 0 bridgehead atoms. The number of nitrogens with zero attached hydrogens (tertiary/aromatic N) is 4. The first-order valence-corrected chi connectivity index (χ1v) is 14.0. The molecule has 13 nitrogen and oxygen atoms in total. The van der Waals surface area contributed by atoms with Crippen LogP contribution in [0.2, 0.25) is 0 Å². The maximum Gasteiger partial charge on any atom is 0.319 e. The summed E-state index contributed by atoms with van der Waals surface area (Å²) in [5, 5.41) is 26.4. The lowest BCUT2D eigenvalue weighted by molar-refractivity contribution is -0.0292. The van der Waals surface area contributed by atoms with Gasteiger partial charge in [0, 0.05) is 12.2 Å². The number of benzene rings is 1. The molecular weight excluding hydrogens is 514 g/mol. The maximum absolute atomic E-state index is 12.7. The molecular formula is C24H33N7O6S. The second-order valence-corrected chi connectivity index (χ2v) is 12.5. The van der Waals surface area contributed by atoms with E-state index >= 15 is 0 Å². The Morgan fingerprint density at radius 1 is 1.13 bits per heavy atom. The number of sulfone groups is 1. The molecule has 4 rings (SSSR count). The van der Waals surface area contributed by atoms with Crippen molar-refractivity contribution in [3.05, 3.63) is 42.5 Å². The molecule has 0 spiro atoms. The van der Waals surface area contributed by atoms with Crippen molar-refractivity contribution in [3.63, 3.8) is 0 Å². The molecule has 14 heteroatoms. The third-order valence-electron chi connectivity index (χ3n) is 6.34. The number of nitrogens with one attached hydrogen (secondary N) is 2. The molecule has 2 aromatic heterocycles. The van der Waals surface area contributed by atoms with Gasteiger partial charge in [0.1, 0.15) is 30.2 Å². The van der Waals surface area contributed by atoms with Gasteiger partial charge in [0.2, 0.25) is 0 Å². The molecule has 206 valence electrons. The molecule has 1 aliphatic heterocycles. The number of aliphatic hydroxyl groups is 2. The van der Waals surface area contributed by atoms with Crippen LogP contribution in [0.3, 0.4) is 0 Å². The van der Waals surface area contributed by atoms with Crippen molar-refractivity contribution >= 4 is 38.5 Å². The Kier molecular flexibility index (Phi) is 7.88. The largest absolute Gasteiger partial charge is 0.387 e. The molecule has 6 N–H and O–H groups in total. The Hall–Kier alpha value is -3.33. The zero-order valence-corrected chi connectivity index (χ0v) is 22.2. The summed E-state index contributed by atoms with van der Waals surface area (Å²) in [7, 11) is -3.68. The van der Waals surface area contributed by atoms with Gasteiger partial charge in [-0.3, -0.25) is 4.57 Å². The van der Waals surface area contributed by atoms with Crippen molar-refractivity contribution in [1.29, 1.82) is 0 Å². The smallest absolute Gasteiger partial charge is 0.319 e. The molecule has 1 saturated heterocycles. The van der Waals surface area contributed by atoms with E-state index in [1.807, 2.05) is 24.3 Å². The summed E-state index contributed by atoms with van der Waals surface area (Å²) >= 11 is 0. The van der Waals surface area contributed by atoms with Crippen molar-refractivity contribution in [1.82, 2.24) is 24.8 Å². The summed E-state index contributed by atoms with van der Waals surface area (Å²) in [4.78, 5) is 24.2. The van der Waals surface area contributed by atoms with Gasteiger partial charge in [-0.15, -0.1) is 0 Å². The fourth-order valence-corrected chi connectivity index (χ4v) is 5.74. The van der Waals surface area contributed by atoms with Gasteiger partial charge in [-0.2, -0.15) is 0 Å². The average molecular weight is 548 g/mol. The summed E-state index contributed by atoms with van der Waals surface area (Å²) < 4.78 is 32.5. The summed E-state index contributed by atoms with van der Waals surface area (Å²) in [6, 6.07) is 7.08. The number of hydrogen-bond donors (Lipinski definition) is 5. The Bertz CT molecular complexity index is 1390. The maximum atomic E-state index is 12.7. The summed E-state index contributed by atoms with van der Waals surface area (Å²) in [5.41, 5.74) is 8.14. The highest BCUT2D eigenvalue weighted by molar-refractivity contribution is 7.91. The third-order valence-corrected chi connectivity index (χ3v) is 8.09. The topological polar surface area (TPSA) is 195 Å². The molecule has 3 aromatic rings. The van der Waals surface area contributed by atoms with Crippen LogP contribution in [0.15, 0.2) is 36.9 Å². The summed E-state index contributed by atoms with van der Waals surface area (Å²) in [6.07, 6.45) is -2.39. The fourth-order valence-electron chi connectivity index (χ4n) is 4.21. The average Bonchev–Trinajstić information content (AvgIpc) is 3.39. The molecule has 4 atom stereocenters. The van der Waals surface area contributed by atoms with Gasteiger partial charge in [0.05, 0.1) is 17.8 Å². The van der Waals surface area contributed by atoms with E-state index in [0.717, 1.165) is 5.56 Å². The van der Waals surface area contributed by atoms with E-state index in [9.17, 15) is 23.4 Å². The van der Waals surface area contributed by atoms with Crippen LogP contribution in [0.25, 0.3) is 11.2 Å². The highest BCUT2D eigenvalue weighted by Gasteiger charge is 2.45. The first-order valence-electron chi connectivity index (χ1n) is 12.2. The SMILES string of the molecule is CC(C)(C)c1ccc(NC(=O)NCCCS(=O)(=O)C[C@H]2O[C@@H](n3cnc4c(N)ncnc43)[C@H](O)[C@@H]2O)cc1. The molecule has 38 heavy (non-hydrogen) atoms. The van der Waals surface area contributed by atoms with Crippen molar-refractivity contribution in [2.45, 2.75) is 57.1 Å². The van der Waals surface area contributed by atoms with Crippen molar-refractivity contribution in [3.8, 4) is 0 Å². The zero-order chi connectivity index (χ0) is 27.7. The minimum Gasteiger partial charge on any atom is -0.387 e. The number of carbonyl (C=O) groups excluding carboxylic acids is 1. The first kappa shape index (κ1) is 27.7. The quantitative estimate of drug-likeness (QED) is 0.253. The predicted molar refractivity (Wildman–Crippen MR) is 141 cm³/mol. The monoisotopic (exact) mass is 547 g/mol. The zero-order valence-electron chi connectivity index (χ0n) is 21.4. The Morgan fingerprint density at radius 3 is 2.53 bits per heavy atom. The van der Waals surface area contributed by atoms with Crippen LogP contribution in [0.1, 0.15) is 39.0 Å². The number of aromatic nitrogens is 4. The van der Waals surface area contributed by atoms with Gasteiger partial charge in [-0.05, 0) is 29.5 Å². The summed E-state index contributed by atoms with van der Waals surface area (Å²) in [6.45, 7) is 6.43. The number of hydrogen-bond acceptors (Lipinski definition) is 10. The number of nitrogens with two attached hydrogens (primary N) is 1. The number of urea groups is 1. The van der Waals surface area contributed by atoms with Crippen molar-refractivity contribution in [2.75, 3.05) is 29.1 Å². The lowest BCUT2D eigenvalue weighted by Crippen LogP contribution is -2.36. The molecule has 1 fully saturated rings. The lowest BCUT2D eigenvalue weighted by Gasteiger charge is -2.19. The van der Waals surface area contributed by atoms with Gasteiger partial charge in [-0.25, -0.2) is 28.2 Å². The van der Waals surface area contributed by atoms with Crippen molar-refractivity contribution < 1.29 is 28.2 Å². The minimum atomic E-state index is -3.68. The number of amides is 2. The standard InChI is InChI=1S/C24H33N7O6S/c1-24(2,3)14-5-7-15(8-6-14)30-23(34)26-9-4-10-38(35,36)11-16-18(32)19(33)22(37-16)31-13-29-17-20(25)27-12-28-21(17)31/h5-8,12-13,16,18-19,22,32-33H,4,9-11H2,1-3H3,(H2,25,27,28)(H2,26,30,34)/t16-,18-,19-,22-/m1/s1. The van der Waals surface area contributed by atoms with Crippen LogP contribution in [0.4, 0.5) is 16.3 Å². The second kappa shape index (κ2) is 10.8. The van der Waals surface area contributed by atoms with Gasteiger partial charge >= 0.3 is 6.03 Å². The Labute approximate surface area is 220 Å². The van der Waals surface area contributed by atoms with Gasteiger partial charge in [-0.1, -0.05) is 32.9 Å². The molecule has 0 saturated carbocycles.